The standard InChI is InChI=1S/C20H24BrNO4S/c1-15(16-8-10-19(21)11-9-16)22-20(23)14-18(12-13-26-27(2,24)25)17-6-4-3-5-7-17/h3-11,15,18H,12-14H2,1-2H3,(H,22,23). The Labute approximate surface area is 169 Å². The van der Waals surface area contributed by atoms with Crippen LogP contribution >= 0.6 is 15.9 Å². The smallest absolute Gasteiger partial charge is 0.264 e. The summed E-state index contributed by atoms with van der Waals surface area (Å²) in [4.78, 5) is 12.6. The molecular weight excluding hydrogens is 430 g/mol. The molecule has 0 aliphatic rings. The number of hydrogen-bond acceptors (Lipinski definition) is 4. The van der Waals surface area contributed by atoms with Crippen LogP contribution in [0.5, 0.6) is 0 Å². The van der Waals surface area contributed by atoms with Crippen LogP contribution in [0.3, 0.4) is 0 Å². The predicted octanol–water partition coefficient (Wildman–Crippen LogP) is 4.17. The number of carbonyl (C=O) groups excluding carboxylic acids is 1. The Morgan fingerprint density at radius 3 is 2.30 bits per heavy atom. The van der Waals surface area contributed by atoms with Gasteiger partial charge in [-0.2, -0.15) is 8.42 Å². The molecule has 146 valence electrons. The molecule has 0 aliphatic carbocycles. The van der Waals surface area contributed by atoms with Crippen LogP contribution in [0, 0.1) is 0 Å². The molecule has 0 radical (unpaired) electrons. The van der Waals surface area contributed by atoms with E-state index in [0.717, 1.165) is 21.9 Å². The van der Waals surface area contributed by atoms with E-state index in [1.807, 2.05) is 61.5 Å². The Morgan fingerprint density at radius 2 is 1.70 bits per heavy atom. The third kappa shape index (κ3) is 7.82. The van der Waals surface area contributed by atoms with E-state index in [1.165, 1.54) is 0 Å². The summed E-state index contributed by atoms with van der Waals surface area (Å²) in [7, 11) is -3.49. The summed E-state index contributed by atoms with van der Waals surface area (Å²) in [6.07, 6.45) is 1.73. The molecule has 7 heteroatoms. The molecule has 0 aromatic heterocycles. The quantitative estimate of drug-likeness (QED) is 0.578. The first-order chi connectivity index (χ1) is 12.7. The molecule has 27 heavy (non-hydrogen) atoms. The molecule has 0 saturated heterocycles. The van der Waals surface area contributed by atoms with Crippen molar-refractivity contribution in [2.45, 2.75) is 31.7 Å². The van der Waals surface area contributed by atoms with Crippen molar-refractivity contribution in [1.82, 2.24) is 5.32 Å². The van der Waals surface area contributed by atoms with Gasteiger partial charge in [0.15, 0.2) is 0 Å². The van der Waals surface area contributed by atoms with E-state index >= 15 is 0 Å². The first kappa shape index (κ1) is 21.6. The van der Waals surface area contributed by atoms with Crippen LogP contribution in [0.1, 0.15) is 42.9 Å². The normalized spacial score (nSPS) is 13.7. The summed E-state index contributed by atoms with van der Waals surface area (Å²) in [6, 6.07) is 17.3. The SMILES string of the molecule is CC(NC(=O)CC(CCOS(C)(=O)=O)c1ccccc1)c1ccc(Br)cc1. The highest BCUT2D eigenvalue weighted by atomic mass is 79.9. The van der Waals surface area contributed by atoms with Gasteiger partial charge in [0.05, 0.1) is 18.9 Å². The van der Waals surface area contributed by atoms with Crippen molar-refractivity contribution in [3.8, 4) is 0 Å². The maximum atomic E-state index is 12.6. The van der Waals surface area contributed by atoms with E-state index in [0.29, 0.717) is 6.42 Å². The van der Waals surface area contributed by atoms with Gasteiger partial charge in [0.25, 0.3) is 10.1 Å². The molecule has 0 saturated carbocycles. The molecule has 2 unspecified atom stereocenters. The van der Waals surface area contributed by atoms with Crippen LogP contribution in [0.25, 0.3) is 0 Å². The minimum absolute atomic E-state index is 0.0495. The summed E-state index contributed by atoms with van der Waals surface area (Å²) in [5.74, 6) is -0.205. The number of benzene rings is 2. The van der Waals surface area contributed by atoms with E-state index in [9.17, 15) is 13.2 Å². The minimum atomic E-state index is -3.49. The van der Waals surface area contributed by atoms with Gasteiger partial charge in [-0.3, -0.25) is 8.98 Å². The third-order valence-electron chi connectivity index (χ3n) is 4.21. The van der Waals surface area contributed by atoms with Crippen LogP contribution in [0.2, 0.25) is 0 Å². The van der Waals surface area contributed by atoms with Crippen molar-refractivity contribution in [3.63, 3.8) is 0 Å². The van der Waals surface area contributed by atoms with Crippen molar-refractivity contribution >= 4 is 32.0 Å². The lowest BCUT2D eigenvalue weighted by Crippen LogP contribution is -2.28. The van der Waals surface area contributed by atoms with Gasteiger partial charge in [0.2, 0.25) is 5.91 Å². The fraction of sp³-hybridized carbons (Fsp3) is 0.350. The number of rotatable bonds is 9. The van der Waals surface area contributed by atoms with Crippen LogP contribution in [-0.2, 0) is 19.1 Å². The maximum Gasteiger partial charge on any atom is 0.264 e. The molecule has 0 aliphatic heterocycles. The average molecular weight is 454 g/mol. The summed E-state index contributed by atoms with van der Waals surface area (Å²) in [5, 5.41) is 3.01. The lowest BCUT2D eigenvalue weighted by Gasteiger charge is -2.19. The third-order valence-corrected chi connectivity index (χ3v) is 5.34. The van der Waals surface area contributed by atoms with Gasteiger partial charge in [-0.1, -0.05) is 58.4 Å². The Morgan fingerprint density at radius 1 is 1.07 bits per heavy atom. The topological polar surface area (TPSA) is 72.5 Å². The van der Waals surface area contributed by atoms with Crippen LogP contribution < -0.4 is 5.32 Å². The zero-order chi connectivity index (χ0) is 19.9. The van der Waals surface area contributed by atoms with E-state index in [4.69, 9.17) is 4.18 Å². The monoisotopic (exact) mass is 453 g/mol. The zero-order valence-electron chi connectivity index (χ0n) is 15.4. The molecule has 0 spiro atoms. The molecular formula is C20H24BrNO4S. The maximum absolute atomic E-state index is 12.6. The minimum Gasteiger partial charge on any atom is -0.350 e. The van der Waals surface area contributed by atoms with Crippen molar-refractivity contribution in [2.24, 2.45) is 0 Å². The second-order valence-corrected chi connectivity index (χ2v) is 9.03. The highest BCUT2D eigenvalue weighted by Gasteiger charge is 2.18. The van der Waals surface area contributed by atoms with Gasteiger partial charge in [-0.25, -0.2) is 0 Å². The largest absolute Gasteiger partial charge is 0.350 e. The summed E-state index contributed by atoms with van der Waals surface area (Å²) in [6.45, 7) is 1.99. The zero-order valence-corrected chi connectivity index (χ0v) is 17.8. The van der Waals surface area contributed by atoms with E-state index < -0.39 is 10.1 Å². The molecule has 2 aromatic rings. The van der Waals surface area contributed by atoms with Crippen molar-refractivity contribution in [3.05, 3.63) is 70.2 Å². The molecule has 0 fully saturated rings. The van der Waals surface area contributed by atoms with E-state index in [-0.39, 0.29) is 30.9 Å². The van der Waals surface area contributed by atoms with Gasteiger partial charge in [0.1, 0.15) is 0 Å². The van der Waals surface area contributed by atoms with Crippen LogP contribution in [-0.4, -0.2) is 27.2 Å². The van der Waals surface area contributed by atoms with Crippen LogP contribution in [0.15, 0.2) is 59.1 Å². The molecule has 5 nitrogen and oxygen atoms in total. The fourth-order valence-corrected chi connectivity index (χ4v) is 3.48. The van der Waals surface area contributed by atoms with Crippen molar-refractivity contribution in [1.29, 1.82) is 0 Å². The van der Waals surface area contributed by atoms with E-state index in [2.05, 4.69) is 21.2 Å². The summed E-state index contributed by atoms with van der Waals surface area (Å²) in [5.41, 5.74) is 2.00. The predicted molar refractivity (Wildman–Crippen MR) is 110 cm³/mol. The van der Waals surface area contributed by atoms with Gasteiger partial charge in [0, 0.05) is 10.9 Å². The fourth-order valence-electron chi connectivity index (χ4n) is 2.81. The highest BCUT2D eigenvalue weighted by molar-refractivity contribution is 9.10. The van der Waals surface area contributed by atoms with Gasteiger partial charge in [-0.15, -0.1) is 0 Å². The summed E-state index contributed by atoms with van der Waals surface area (Å²) >= 11 is 3.40. The summed E-state index contributed by atoms with van der Waals surface area (Å²) < 4.78 is 28.2. The van der Waals surface area contributed by atoms with Crippen molar-refractivity contribution < 1.29 is 17.4 Å². The Kier molecular flexibility index (Phi) is 8.01. The Bertz CT molecular complexity index is 838. The Balaban J connectivity index is 2.00. The van der Waals surface area contributed by atoms with Gasteiger partial charge < -0.3 is 5.32 Å². The second kappa shape index (κ2) is 10.0. The second-order valence-electron chi connectivity index (χ2n) is 6.47. The molecule has 0 heterocycles. The van der Waals surface area contributed by atoms with E-state index in [1.54, 1.807) is 0 Å². The number of halogens is 1. The lowest BCUT2D eigenvalue weighted by atomic mass is 9.92. The molecule has 2 aromatic carbocycles. The Hall–Kier alpha value is -1.70. The molecule has 1 N–H and O–H groups in total. The first-order valence-corrected chi connectivity index (χ1v) is 11.3. The number of hydrogen-bond donors (Lipinski definition) is 1. The van der Waals surface area contributed by atoms with Crippen LogP contribution in [0.4, 0.5) is 0 Å². The number of amides is 1. The molecule has 1 amide bonds. The first-order valence-electron chi connectivity index (χ1n) is 8.69. The van der Waals surface area contributed by atoms with Crippen molar-refractivity contribution in [2.75, 3.05) is 12.9 Å². The lowest BCUT2D eigenvalue weighted by molar-refractivity contribution is -0.122. The molecule has 2 rings (SSSR count). The molecule has 2 atom stereocenters. The molecule has 0 bridgehead atoms. The number of carbonyl (C=O) groups is 1. The van der Waals surface area contributed by atoms with Gasteiger partial charge in [-0.05, 0) is 42.5 Å². The highest BCUT2D eigenvalue weighted by Crippen LogP contribution is 2.24. The number of nitrogens with one attached hydrogen (secondary N) is 1. The van der Waals surface area contributed by atoms with Gasteiger partial charge >= 0.3 is 0 Å². The average Bonchev–Trinajstić information content (AvgIpc) is 2.61.